The standard InChI is InChI=1S/C16H14F4O4/c1-22-9-6-4-8(5-7-9)10-12(17)13(18)11(15(21)23-2)16(20,24-3)14(10)19/h4-7,14H,1-3H3. The van der Waals surface area contributed by atoms with E-state index in [1.807, 2.05) is 0 Å². The predicted octanol–water partition coefficient (Wildman–Crippen LogP) is 3.44. The van der Waals surface area contributed by atoms with E-state index >= 15 is 0 Å². The summed E-state index contributed by atoms with van der Waals surface area (Å²) in [5.74, 6) is -8.27. The molecule has 0 N–H and O–H groups in total. The molecule has 24 heavy (non-hydrogen) atoms. The van der Waals surface area contributed by atoms with Gasteiger partial charge in [-0.3, -0.25) is 0 Å². The van der Waals surface area contributed by atoms with Gasteiger partial charge in [-0.05, 0) is 17.7 Å². The Morgan fingerprint density at radius 3 is 2.12 bits per heavy atom. The number of hydrogen-bond donors (Lipinski definition) is 0. The van der Waals surface area contributed by atoms with Crippen molar-refractivity contribution in [1.82, 2.24) is 0 Å². The highest BCUT2D eigenvalue weighted by atomic mass is 19.2. The fourth-order valence-corrected chi connectivity index (χ4v) is 2.38. The van der Waals surface area contributed by atoms with Gasteiger partial charge in [0.25, 0.3) is 5.85 Å². The molecule has 0 amide bonds. The molecule has 2 atom stereocenters. The molecule has 1 aromatic carbocycles. The third kappa shape index (κ3) is 2.66. The molecule has 2 unspecified atom stereocenters. The molecule has 8 heteroatoms. The van der Waals surface area contributed by atoms with E-state index in [1.165, 1.54) is 31.4 Å². The van der Waals surface area contributed by atoms with E-state index in [9.17, 15) is 22.4 Å². The molecule has 1 aromatic rings. The van der Waals surface area contributed by atoms with Crippen molar-refractivity contribution in [1.29, 1.82) is 0 Å². The molecule has 0 fully saturated rings. The van der Waals surface area contributed by atoms with Gasteiger partial charge in [-0.2, -0.15) is 0 Å². The SMILES string of the molecule is COC(=O)C1=C(F)C(F)=C(c2ccc(OC)cc2)C(F)C1(F)OC. The van der Waals surface area contributed by atoms with Crippen molar-refractivity contribution in [2.75, 3.05) is 21.3 Å². The van der Waals surface area contributed by atoms with Crippen LogP contribution in [0, 0.1) is 0 Å². The van der Waals surface area contributed by atoms with E-state index in [-0.39, 0.29) is 5.56 Å². The zero-order chi connectivity index (χ0) is 18.1. The lowest BCUT2D eigenvalue weighted by atomic mass is 9.86. The number of carbonyl (C=O) groups is 1. The van der Waals surface area contributed by atoms with E-state index in [0.717, 1.165) is 14.2 Å². The van der Waals surface area contributed by atoms with Crippen LogP contribution in [0.15, 0.2) is 41.5 Å². The van der Waals surface area contributed by atoms with Gasteiger partial charge in [0, 0.05) is 12.7 Å². The van der Waals surface area contributed by atoms with Crippen molar-refractivity contribution in [2.45, 2.75) is 12.0 Å². The number of hydrogen-bond acceptors (Lipinski definition) is 4. The second-order valence-electron chi connectivity index (χ2n) is 4.85. The summed E-state index contributed by atoms with van der Waals surface area (Å²) in [6.07, 6.45) is -2.79. The normalized spacial score (nSPS) is 24.2. The first-order chi connectivity index (χ1) is 11.3. The first-order valence-electron chi connectivity index (χ1n) is 6.73. The van der Waals surface area contributed by atoms with Crippen molar-refractivity contribution < 1.29 is 36.6 Å². The molecular weight excluding hydrogens is 332 g/mol. The Morgan fingerprint density at radius 2 is 1.67 bits per heavy atom. The Balaban J connectivity index is 2.68. The average Bonchev–Trinajstić information content (AvgIpc) is 2.60. The van der Waals surface area contributed by atoms with Crippen LogP contribution in [0.3, 0.4) is 0 Å². The topological polar surface area (TPSA) is 44.8 Å². The Hall–Kier alpha value is -2.35. The van der Waals surface area contributed by atoms with Crippen LogP contribution >= 0.6 is 0 Å². The molecule has 0 aromatic heterocycles. The number of carbonyl (C=O) groups excluding carboxylic acids is 1. The second kappa shape index (κ2) is 6.64. The van der Waals surface area contributed by atoms with Crippen molar-refractivity contribution in [3.8, 4) is 5.75 Å². The predicted molar refractivity (Wildman–Crippen MR) is 76.9 cm³/mol. The maximum Gasteiger partial charge on any atom is 0.342 e. The highest BCUT2D eigenvalue weighted by molar-refractivity contribution is 5.95. The third-order valence-electron chi connectivity index (χ3n) is 3.66. The summed E-state index contributed by atoms with van der Waals surface area (Å²) in [4.78, 5) is 11.6. The van der Waals surface area contributed by atoms with Crippen LogP contribution in [0.25, 0.3) is 5.57 Å². The highest BCUT2D eigenvalue weighted by Crippen LogP contribution is 2.47. The zero-order valence-electron chi connectivity index (χ0n) is 13.0. The molecule has 1 aliphatic carbocycles. The molecular formula is C16H14F4O4. The molecule has 0 aliphatic heterocycles. The van der Waals surface area contributed by atoms with Gasteiger partial charge in [0.1, 0.15) is 11.3 Å². The first-order valence-corrected chi connectivity index (χ1v) is 6.73. The van der Waals surface area contributed by atoms with Gasteiger partial charge >= 0.3 is 5.97 Å². The Kier molecular flexibility index (Phi) is 4.98. The molecule has 0 bridgehead atoms. The largest absolute Gasteiger partial charge is 0.497 e. The van der Waals surface area contributed by atoms with Crippen LogP contribution in [0.5, 0.6) is 5.75 Å². The van der Waals surface area contributed by atoms with E-state index in [1.54, 1.807) is 0 Å². The number of alkyl halides is 2. The number of ether oxygens (including phenoxy) is 3. The molecule has 0 saturated carbocycles. The van der Waals surface area contributed by atoms with Gasteiger partial charge in [-0.15, -0.1) is 0 Å². The van der Waals surface area contributed by atoms with Gasteiger partial charge in [-0.1, -0.05) is 12.1 Å². The van der Waals surface area contributed by atoms with Gasteiger partial charge in [-0.25, -0.2) is 22.4 Å². The van der Waals surface area contributed by atoms with Crippen molar-refractivity contribution in [3.63, 3.8) is 0 Å². The van der Waals surface area contributed by atoms with Crippen molar-refractivity contribution in [3.05, 3.63) is 47.1 Å². The highest BCUT2D eigenvalue weighted by Gasteiger charge is 2.56. The maximum absolute atomic E-state index is 14.9. The molecule has 0 radical (unpaired) electrons. The quantitative estimate of drug-likeness (QED) is 0.619. The Bertz CT molecular complexity index is 711. The molecule has 1 aliphatic rings. The number of halogens is 4. The van der Waals surface area contributed by atoms with E-state index in [2.05, 4.69) is 9.47 Å². The van der Waals surface area contributed by atoms with Crippen LogP contribution < -0.4 is 4.74 Å². The molecule has 0 heterocycles. The Labute approximate surface area is 135 Å². The third-order valence-corrected chi connectivity index (χ3v) is 3.66. The van der Waals surface area contributed by atoms with Gasteiger partial charge in [0.15, 0.2) is 17.8 Å². The Morgan fingerprint density at radius 1 is 1.08 bits per heavy atom. The summed E-state index contributed by atoms with van der Waals surface area (Å²) in [6.45, 7) is 0. The van der Waals surface area contributed by atoms with Crippen molar-refractivity contribution in [2.24, 2.45) is 0 Å². The lowest BCUT2D eigenvalue weighted by molar-refractivity contribution is -0.156. The monoisotopic (exact) mass is 346 g/mol. The number of allylic oxidation sites excluding steroid dienone is 2. The molecule has 0 saturated heterocycles. The van der Waals surface area contributed by atoms with Crippen LogP contribution in [-0.4, -0.2) is 39.3 Å². The molecule has 2 rings (SSSR count). The smallest absolute Gasteiger partial charge is 0.342 e. The number of rotatable bonds is 4. The van der Waals surface area contributed by atoms with Gasteiger partial charge < -0.3 is 14.2 Å². The summed E-state index contributed by atoms with van der Waals surface area (Å²) in [5.41, 5.74) is -2.53. The van der Waals surface area contributed by atoms with Crippen LogP contribution in [0.4, 0.5) is 17.6 Å². The fraction of sp³-hybridized carbons (Fsp3) is 0.312. The molecule has 0 spiro atoms. The minimum Gasteiger partial charge on any atom is -0.497 e. The first kappa shape index (κ1) is 18.0. The van der Waals surface area contributed by atoms with E-state index < -0.39 is 40.8 Å². The van der Waals surface area contributed by atoms with Crippen molar-refractivity contribution >= 4 is 11.5 Å². The zero-order valence-corrected chi connectivity index (χ0v) is 13.0. The van der Waals surface area contributed by atoms with Gasteiger partial charge in [0.05, 0.1) is 14.2 Å². The summed E-state index contributed by atoms with van der Waals surface area (Å²) in [5, 5.41) is 0. The lowest BCUT2D eigenvalue weighted by Gasteiger charge is -2.33. The summed E-state index contributed by atoms with van der Waals surface area (Å²) in [6, 6.07) is 5.19. The van der Waals surface area contributed by atoms with E-state index in [4.69, 9.17) is 4.74 Å². The van der Waals surface area contributed by atoms with E-state index in [0.29, 0.717) is 5.75 Å². The van der Waals surface area contributed by atoms with Crippen LogP contribution in [0.1, 0.15) is 5.56 Å². The number of benzene rings is 1. The van der Waals surface area contributed by atoms with Crippen LogP contribution in [-0.2, 0) is 14.3 Å². The molecule has 4 nitrogen and oxygen atoms in total. The molecule has 130 valence electrons. The minimum absolute atomic E-state index is 0.126. The summed E-state index contributed by atoms with van der Waals surface area (Å²) in [7, 11) is 2.94. The number of esters is 1. The van der Waals surface area contributed by atoms with Crippen LogP contribution in [0.2, 0.25) is 0 Å². The maximum atomic E-state index is 14.9. The minimum atomic E-state index is -3.53. The van der Waals surface area contributed by atoms with Gasteiger partial charge in [0.2, 0.25) is 0 Å². The summed E-state index contributed by atoms with van der Waals surface area (Å²) >= 11 is 0. The number of methoxy groups -OCH3 is 3. The summed E-state index contributed by atoms with van der Waals surface area (Å²) < 4.78 is 71.6. The lowest BCUT2D eigenvalue weighted by Crippen LogP contribution is -2.45. The fourth-order valence-electron chi connectivity index (χ4n) is 2.38. The average molecular weight is 346 g/mol. The second-order valence-corrected chi connectivity index (χ2v) is 4.85.